The summed E-state index contributed by atoms with van der Waals surface area (Å²) in [5.74, 6) is 0.310. The molecule has 0 radical (unpaired) electrons. The molecule has 1 aromatic carbocycles. The van der Waals surface area contributed by atoms with Gasteiger partial charge >= 0.3 is 0 Å². The Morgan fingerprint density at radius 1 is 1.06 bits per heavy atom. The summed E-state index contributed by atoms with van der Waals surface area (Å²) in [7, 11) is 2.18. The van der Waals surface area contributed by atoms with Crippen LogP contribution in [0.3, 0.4) is 0 Å². The van der Waals surface area contributed by atoms with Crippen LogP contribution in [-0.4, -0.2) is 45.5 Å². The third kappa shape index (κ3) is 4.55. The van der Waals surface area contributed by atoms with E-state index in [1.165, 1.54) is 31.0 Å². The van der Waals surface area contributed by atoms with E-state index in [-0.39, 0.29) is 11.6 Å². The molecule has 178 valence electrons. The zero-order chi connectivity index (χ0) is 23.7. The van der Waals surface area contributed by atoms with E-state index >= 15 is 0 Å². The van der Waals surface area contributed by atoms with Gasteiger partial charge in [-0.1, -0.05) is 31.4 Å². The van der Waals surface area contributed by atoms with Crippen molar-refractivity contribution in [1.82, 2.24) is 19.4 Å². The molecule has 0 bridgehead atoms. The molecule has 2 fully saturated rings. The van der Waals surface area contributed by atoms with Crippen LogP contribution in [0, 0.1) is 0 Å². The summed E-state index contributed by atoms with van der Waals surface area (Å²) in [6.07, 6.45) is 10.9. The second kappa shape index (κ2) is 9.54. The third-order valence-electron chi connectivity index (χ3n) is 7.36. The van der Waals surface area contributed by atoms with Crippen molar-refractivity contribution in [3.05, 3.63) is 58.0 Å². The van der Waals surface area contributed by atoms with E-state index in [9.17, 15) is 9.59 Å². The van der Waals surface area contributed by atoms with E-state index in [0.29, 0.717) is 22.9 Å². The van der Waals surface area contributed by atoms with Crippen LogP contribution in [-0.2, 0) is 0 Å². The molecule has 2 aliphatic rings. The molecule has 0 unspecified atom stereocenters. The Morgan fingerprint density at radius 2 is 1.76 bits per heavy atom. The van der Waals surface area contributed by atoms with E-state index in [2.05, 4.69) is 46.5 Å². The van der Waals surface area contributed by atoms with Gasteiger partial charge in [-0.3, -0.25) is 9.59 Å². The molecular formula is C26H32N6O2. The lowest BCUT2D eigenvalue weighted by Gasteiger charge is -2.29. The quantitative estimate of drug-likeness (QED) is 0.597. The molecule has 1 saturated heterocycles. The number of amides is 1. The monoisotopic (exact) mass is 460 g/mol. The van der Waals surface area contributed by atoms with Gasteiger partial charge in [-0.25, -0.2) is 4.98 Å². The summed E-state index contributed by atoms with van der Waals surface area (Å²) in [6.45, 7) is 2.27. The van der Waals surface area contributed by atoms with Crippen LogP contribution in [0.1, 0.15) is 72.8 Å². The minimum Gasteiger partial charge on any atom is -0.365 e. The SMILES string of the molecule is CN1CCC(c2ccc(Nc3ncc4c(=O)c(C(N)=O)cn(C5CCCCC5)c4n3)cc2)CC1. The topological polar surface area (TPSA) is 106 Å². The van der Waals surface area contributed by atoms with Crippen LogP contribution >= 0.6 is 0 Å². The van der Waals surface area contributed by atoms with Crippen molar-refractivity contribution in [3.63, 3.8) is 0 Å². The molecule has 2 aromatic heterocycles. The van der Waals surface area contributed by atoms with Crippen LogP contribution < -0.4 is 16.5 Å². The second-order valence-electron chi connectivity index (χ2n) is 9.69. The standard InChI is InChI=1S/C26H32N6O2/c1-31-13-11-18(12-14-31)17-7-9-19(10-8-17)29-26-28-15-21-23(33)22(24(27)34)16-32(25(21)30-26)20-5-3-2-4-6-20/h7-10,15-16,18,20H,2-6,11-14H2,1H3,(H2,27,34)(H,28,29,30). The van der Waals surface area contributed by atoms with Crippen molar-refractivity contribution < 1.29 is 4.79 Å². The van der Waals surface area contributed by atoms with Gasteiger partial charge in [-0.05, 0) is 69.4 Å². The number of carbonyl (C=O) groups is 1. The number of aromatic nitrogens is 3. The number of primary amides is 1. The van der Waals surface area contributed by atoms with E-state index in [1.807, 2.05) is 4.57 Å². The normalized spacial score (nSPS) is 18.3. The molecule has 0 atom stereocenters. The van der Waals surface area contributed by atoms with Crippen molar-refractivity contribution in [1.29, 1.82) is 0 Å². The average molecular weight is 461 g/mol. The first-order valence-corrected chi connectivity index (χ1v) is 12.3. The van der Waals surface area contributed by atoms with Gasteiger partial charge in [0.05, 0.1) is 5.39 Å². The Hall–Kier alpha value is -3.26. The summed E-state index contributed by atoms with van der Waals surface area (Å²) < 4.78 is 1.96. The fourth-order valence-corrected chi connectivity index (χ4v) is 5.32. The first kappa shape index (κ1) is 22.5. The number of rotatable bonds is 5. The number of benzene rings is 1. The zero-order valence-electron chi connectivity index (χ0n) is 19.7. The van der Waals surface area contributed by atoms with Crippen molar-refractivity contribution in [3.8, 4) is 0 Å². The number of hydrogen-bond donors (Lipinski definition) is 2. The molecule has 1 saturated carbocycles. The average Bonchev–Trinajstić information content (AvgIpc) is 2.86. The van der Waals surface area contributed by atoms with E-state index < -0.39 is 11.3 Å². The second-order valence-corrected chi connectivity index (χ2v) is 9.69. The number of nitrogens with one attached hydrogen (secondary N) is 1. The number of fused-ring (bicyclic) bond motifs is 1. The van der Waals surface area contributed by atoms with E-state index in [4.69, 9.17) is 10.7 Å². The van der Waals surface area contributed by atoms with Gasteiger partial charge in [0.15, 0.2) is 0 Å². The van der Waals surface area contributed by atoms with Gasteiger partial charge in [0.2, 0.25) is 11.4 Å². The largest absolute Gasteiger partial charge is 0.365 e. The highest BCUT2D eigenvalue weighted by Crippen LogP contribution is 2.31. The zero-order valence-corrected chi connectivity index (χ0v) is 19.7. The summed E-state index contributed by atoms with van der Waals surface area (Å²) in [5, 5.41) is 3.61. The summed E-state index contributed by atoms with van der Waals surface area (Å²) >= 11 is 0. The molecule has 3 N–H and O–H groups in total. The molecule has 34 heavy (non-hydrogen) atoms. The lowest BCUT2D eigenvalue weighted by molar-refractivity contribution is 0.0998. The number of nitrogens with zero attached hydrogens (tertiary/aromatic N) is 4. The smallest absolute Gasteiger partial charge is 0.254 e. The number of carbonyl (C=O) groups excluding carboxylic acids is 1. The van der Waals surface area contributed by atoms with Gasteiger partial charge in [-0.2, -0.15) is 4.98 Å². The third-order valence-corrected chi connectivity index (χ3v) is 7.36. The molecule has 3 heterocycles. The summed E-state index contributed by atoms with van der Waals surface area (Å²) in [6, 6.07) is 8.66. The Balaban J connectivity index is 1.44. The highest BCUT2D eigenvalue weighted by Gasteiger charge is 2.22. The van der Waals surface area contributed by atoms with Gasteiger partial charge in [0.1, 0.15) is 11.2 Å². The van der Waals surface area contributed by atoms with Gasteiger partial charge in [0.25, 0.3) is 5.91 Å². The van der Waals surface area contributed by atoms with Crippen LogP contribution in [0.4, 0.5) is 11.6 Å². The predicted molar refractivity (Wildman–Crippen MR) is 134 cm³/mol. The van der Waals surface area contributed by atoms with Gasteiger partial charge in [-0.15, -0.1) is 0 Å². The van der Waals surface area contributed by atoms with Gasteiger partial charge < -0.3 is 20.5 Å². The van der Waals surface area contributed by atoms with Crippen LogP contribution in [0.25, 0.3) is 11.0 Å². The van der Waals surface area contributed by atoms with Crippen LogP contribution in [0.15, 0.2) is 41.5 Å². The fourth-order valence-electron chi connectivity index (χ4n) is 5.32. The Labute approximate surface area is 199 Å². The number of nitrogens with two attached hydrogens (primary N) is 1. The maximum Gasteiger partial charge on any atom is 0.254 e. The highest BCUT2D eigenvalue weighted by atomic mass is 16.2. The minimum absolute atomic E-state index is 0.00752. The number of likely N-dealkylation sites (tertiary alicyclic amines) is 1. The van der Waals surface area contributed by atoms with Crippen molar-refractivity contribution in [2.45, 2.75) is 56.9 Å². The lowest BCUT2D eigenvalue weighted by Crippen LogP contribution is -2.29. The Morgan fingerprint density at radius 3 is 2.44 bits per heavy atom. The maximum atomic E-state index is 12.9. The molecule has 1 aliphatic heterocycles. The van der Waals surface area contributed by atoms with Crippen molar-refractivity contribution in [2.75, 3.05) is 25.5 Å². The summed E-state index contributed by atoms with van der Waals surface area (Å²) in [4.78, 5) is 36.3. The molecule has 1 amide bonds. The molecule has 1 aliphatic carbocycles. The number of anilines is 2. The number of hydrogen-bond acceptors (Lipinski definition) is 6. The Kier molecular flexibility index (Phi) is 6.32. The molecular weight excluding hydrogens is 428 g/mol. The Bertz CT molecular complexity index is 1240. The van der Waals surface area contributed by atoms with Crippen molar-refractivity contribution in [2.24, 2.45) is 5.73 Å². The van der Waals surface area contributed by atoms with E-state index in [1.54, 1.807) is 6.20 Å². The molecule has 0 spiro atoms. The summed E-state index contributed by atoms with van der Waals surface area (Å²) in [5.41, 5.74) is 7.89. The van der Waals surface area contributed by atoms with Gasteiger partial charge in [0, 0.05) is 24.1 Å². The van der Waals surface area contributed by atoms with E-state index in [0.717, 1.165) is 44.5 Å². The molecule has 8 heteroatoms. The lowest BCUT2D eigenvalue weighted by atomic mass is 9.89. The number of pyridine rings is 1. The molecule has 3 aromatic rings. The van der Waals surface area contributed by atoms with Crippen molar-refractivity contribution >= 4 is 28.6 Å². The minimum atomic E-state index is -0.719. The maximum absolute atomic E-state index is 12.9. The molecule has 5 rings (SSSR count). The highest BCUT2D eigenvalue weighted by molar-refractivity contribution is 5.95. The van der Waals surface area contributed by atoms with Crippen LogP contribution in [0.5, 0.6) is 0 Å². The number of piperidine rings is 1. The predicted octanol–water partition coefficient (Wildman–Crippen LogP) is 3.95. The fraction of sp³-hybridized carbons (Fsp3) is 0.462. The first-order valence-electron chi connectivity index (χ1n) is 12.3. The van der Waals surface area contributed by atoms with Crippen LogP contribution in [0.2, 0.25) is 0 Å². The first-order chi connectivity index (χ1) is 16.5. The molecule has 8 nitrogen and oxygen atoms in total.